The fraction of sp³-hybridized carbons (Fsp3) is 0.286. The van der Waals surface area contributed by atoms with Gasteiger partial charge in [0.05, 0.1) is 5.56 Å². The van der Waals surface area contributed by atoms with Crippen LogP contribution in [0.25, 0.3) is 10.9 Å². The average molecular weight is 338 g/mol. The van der Waals surface area contributed by atoms with E-state index >= 15 is 0 Å². The predicted molar refractivity (Wildman–Crippen MR) is 83.2 cm³/mol. The molecule has 0 aliphatic heterocycles. The Kier molecular flexibility index (Phi) is 4.57. The summed E-state index contributed by atoms with van der Waals surface area (Å²) >= 11 is 3.39. The molecule has 1 heterocycles. The summed E-state index contributed by atoms with van der Waals surface area (Å²) in [5.74, 6) is -0.158. The number of nitrogens with zero attached hydrogens (tertiary/aromatic N) is 1. The van der Waals surface area contributed by atoms with E-state index in [9.17, 15) is 9.59 Å². The van der Waals surface area contributed by atoms with Gasteiger partial charge in [-0.15, -0.1) is 0 Å². The first kappa shape index (κ1) is 14.7. The van der Waals surface area contributed by atoms with Gasteiger partial charge in [0.15, 0.2) is 0 Å². The largest absolute Gasteiger partial charge is 0.340 e. The lowest BCUT2D eigenvalue weighted by atomic mass is 10.1. The van der Waals surface area contributed by atoms with Gasteiger partial charge in [0.2, 0.25) is 5.56 Å². The van der Waals surface area contributed by atoms with E-state index in [1.807, 2.05) is 19.2 Å². The number of amides is 1. The van der Waals surface area contributed by atoms with Gasteiger partial charge in [-0.25, -0.2) is 0 Å². The Balaban J connectivity index is 2.49. The normalized spacial score (nSPS) is 10.8. The molecule has 2 N–H and O–H groups in total. The van der Waals surface area contributed by atoms with Crippen molar-refractivity contribution in [2.45, 2.75) is 0 Å². The molecule has 0 radical (unpaired) electrons. The number of likely N-dealkylation sites (N-methyl/N-ethyl adjacent to an activating group) is 2. The van der Waals surface area contributed by atoms with E-state index in [2.05, 4.69) is 26.2 Å². The maximum atomic E-state index is 12.5. The smallest absolute Gasteiger partial charge is 0.254 e. The van der Waals surface area contributed by atoms with Crippen LogP contribution >= 0.6 is 15.9 Å². The molecule has 0 aliphatic rings. The van der Waals surface area contributed by atoms with Gasteiger partial charge in [0.1, 0.15) is 0 Å². The third-order valence-electron chi connectivity index (χ3n) is 3.08. The van der Waals surface area contributed by atoms with Gasteiger partial charge in [-0.3, -0.25) is 9.59 Å². The Bertz CT molecular complexity index is 696. The molecule has 0 unspecified atom stereocenters. The van der Waals surface area contributed by atoms with Crippen LogP contribution in [0.4, 0.5) is 0 Å². The number of halogens is 1. The number of rotatable bonds is 4. The molecule has 20 heavy (non-hydrogen) atoms. The van der Waals surface area contributed by atoms with Crippen molar-refractivity contribution >= 4 is 32.7 Å². The number of aromatic amines is 1. The number of benzene rings is 1. The van der Waals surface area contributed by atoms with E-state index in [1.165, 1.54) is 6.07 Å². The minimum absolute atomic E-state index is 0.158. The maximum absolute atomic E-state index is 12.5. The molecule has 5 nitrogen and oxygen atoms in total. The number of carbonyl (C=O) groups is 1. The van der Waals surface area contributed by atoms with Crippen LogP contribution in [-0.4, -0.2) is 43.0 Å². The Labute approximate surface area is 125 Å². The van der Waals surface area contributed by atoms with Crippen LogP contribution in [0.5, 0.6) is 0 Å². The zero-order valence-electron chi connectivity index (χ0n) is 11.4. The fourth-order valence-corrected chi connectivity index (χ4v) is 2.35. The molecule has 0 saturated heterocycles. The van der Waals surface area contributed by atoms with E-state index in [0.29, 0.717) is 24.2 Å². The second-order valence-corrected chi connectivity index (χ2v) is 5.48. The van der Waals surface area contributed by atoms with Gasteiger partial charge in [-0.05, 0) is 25.2 Å². The van der Waals surface area contributed by atoms with Crippen molar-refractivity contribution in [1.82, 2.24) is 15.2 Å². The van der Waals surface area contributed by atoms with E-state index in [4.69, 9.17) is 0 Å². The van der Waals surface area contributed by atoms with Crippen molar-refractivity contribution < 1.29 is 4.79 Å². The van der Waals surface area contributed by atoms with E-state index in [-0.39, 0.29) is 11.5 Å². The van der Waals surface area contributed by atoms with Gasteiger partial charge in [0, 0.05) is 41.6 Å². The summed E-state index contributed by atoms with van der Waals surface area (Å²) in [7, 11) is 3.56. The molecule has 106 valence electrons. The number of hydrogen-bond acceptors (Lipinski definition) is 3. The highest BCUT2D eigenvalue weighted by molar-refractivity contribution is 9.10. The Morgan fingerprint density at radius 1 is 1.40 bits per heavy atom. The quantitative estimate of drug-likeness (QED) is 0.890. The SMILES string of the molecule is CNCCN(C)C(=O)c1cc(=O)[nH]c2ccc(Br)cc12. The molecule has 0 saturated carbocycles. The topological polar surface area (TPSA) is 65.2 Å². The summed E-state index contributed by atoms with van der Waals surface area (Å²) in [6.07, 6.45) is 0. The van der Waals surface area contributed by atoms with Crippen molar-refractivity contribution in [2.24, 2.45) is 0 Å². The summed E-state index contributed by atoms with van der Waals surface area (Å²) in [5.41, 5.74) is 0.805. The molecule has 1 amide bonds. The molecule has 0 spiro atoms. The standard InChI is InChI=1S/C14H16BrN3O2/c1-16-5-6-18(2)14(20)11-8-13(19)17-12-4-3-9(15)7-10(11)12/h3-4,7-8,16H,5-6H2,1-2H3,(H,17,19). The van der Waals surface area contributed by atoms with Crippen molar-refractivity contribution in [3.63, 3.8) is 0 Å². The van der Waals surface area contributed by atoms with E-state index in [1.54, 1.807) is 18.0 Å². The number of hydrogen-bond donors (Lipinski definition) is 2. The van der Waals surface area contributed by atoms with Crippen LogP contribution < -0.4 is 10.9 Å². The second-order valence-electron chi connectivity index (χ2n) is 4.57. The number of nitrogens with one attached hydrogen (secondary N) is 2. The molecular formula is C14H16BrN3O2. The van der Waals surface area contributed by atoms with Gasteiger partial charge >= 0.3 is 0 Å². The molecule has 2 rings (SSSR count). The predicted octanol–water partition coefficient (Wildman–Crippen LogP) is 1.58. The van der Waals surface area contributed by atoms with E-state index < -0.39 is 0 Å². The van der Waals surface area contributed by atoms with Crippen LogP contribution in [0.2, 0.25) is 0 Å². The van der Waals surface area contributed by atoms with Crippen LogP contribution in [0.3, 0.4) is 0 Å². The molecule has 6 heteroatoms. The number of aromatic nitrogens is 1. The maximum Gasteiger partial charge on any atom is 0.254 e. The first-order valence-electron chi connectivity index (χ1n) is 6.25. The first-order chi connectivity index (χ1) is 9.52. The highest BCUT2D eigenvalue weighted by Crippen LogP contribution is 2.21. The van der Waals surface area contributed by atoms with Crippen LogP contribution in [0.1, 0.15) is 10.4 Å². The molecule has 0 atom stereocenters. The molecular weight excluding hydrogens is 322 g/mol. The van der Waals surface area contributed by atoms with Crippen LogP contribution in [0.15, 0.2) is 33.5 Å². The summed E-state index contributed by atoms with van der Waals surface area (Å²) in [4.78, 5) is 28.5. The third-order valence-corrected chi connectivity index (χ3v) is 3.57. The van der Waals surface area contributed by atoms with Crippen molar-refractivity contribution in [1.29, 1.82) is 0 Å². The number of fused-ring (bicyclic) bond motifs is 1. The number of H-pyrrole nitrogens is 1. The zero-order valence-corrected chi connectivity index (χ0v) is 13.0. The summed E-state index contributed by atoms with van der Waals surface area (Å²) in [6.45, 7) is 1.28. The van der Waals surface area contributed by atoms with E-state index in [0.717, 1.165) is 9.86 Å². The molecule has 0 fully saturated rings. The molecule has 1 aromatic heterocycles. The first-order valence-corrected chi connectivity index (χ1v) is 7.05. The third kappa shape index (κ3) is 3.08. The highest BCUT2D eigenvalue weighted by atomic mass is 79.9. The lowest BCUT2D eigenvalue weighted by Gasteiger charge is -2.17. The van der Waals surface area contributed by atoms with Gasteiger partial charge in [-0.1, -0.05) is 15.9 Å². The molecule has 2 aromatic rings. The minimum atomic E-state index is -0.273. The molecule has 0 bridgehead atoms. The molecule has 0 aliphatic carbocycles. The van der Waals surface area contributed by atoms with Gasteiger partial charge in [0.25, 0.3) is 5.91 Å². The Hall–Kier alpha value is -1.66. The minimum Gasteiger partial charge on any atom is -0.340 e. The van der Waals surface area contributed by atoms with Crippen LogP contribution in [-0.2, 0) is 0 Å². The second kappa shape index (κ2) is 6.19. The zero-order chi connectivity index (χ0) is 14.7. The summed E-state index contributed by atoms with van der Waals surface area (Å²) in [5, 5.41) is 3.73. The van der Waals surface area contributed by atoms with Crippen molar-refractivity contribution in [3.05, 3.63) is 44.7 Å². The van der Waals surface area contributed by atoms with Gasteiger partial charge < -0.3 is 15.2 Å². The van der Waals surface area contributed by atoms with Crippen molar-refractivity contribution in [2.75, 3.05) is 27.2 Å². The summed E-state index contributed by atoms with van der Waals surface area (Å²) < 4.78 is 0.865. The van der Waals surface area contributed by atoms with Crippen molar-refractivity contribution in [3.8, 4) is 0 Å². The average Bonchev–Trinajstić information content (AvgIpc) is 2.43. The molecule has 1 aromatic carbocycles. The Morgan fingerprint density at radius 3 is 2.85 bits per heavy atom. The summed E-state index contributed by atoms with van der Waals surface area (Å²) in [6, 6.07) is 6.81. The number of pyridine rings is 1. The van der Waals surface area contributed by atoms with Crippen LogP contribution in [0, 0.1) is 0 Å². The lowest BCUT2D eigenvalue weighted by molar-refractivity contribution is 0.0798. The fourth-order valence-electron chi connectivity index (χ4n) is 1.99. The monoisotopic (exact) mass is 337 g/mol. The lowest BCUT2D eigenvalue weighted by Crippen LogP contribution is -2.33. The van der Waals surface area contributed by atoms with Gasteiger partial charge in [-0.2, -0.15) is 0 Å². The highest BCUT2D eigenvalue weighted by Gasteiger charge is 2.15. The Morgan fingerprint density at radius 2 is 2.15 bits per heavy atom. The number of carbonyl (C=O) groups excluding carboxylic acids is 1.